The molecule has 1 aliphatic rings. The highest BCUT2D eigenvalue weighted by atomic mass is 16.5. The summed E-state index contributed by atoms with van der Waals surface area (Å²) >= 11 is 0. The number of carbonyl (C=O) groups is 1. The van der Waals surface area contributed by atoms with Crippen LogP contribution in [0.25, 0.3) is 11.5 Å². The van der Waals surface area contributed by atoms with E-state index >= 15 is 0 Å². The fourth-order valence-corrected chi connectivity index (χ4v) is 3.99. The summed E-state index contributed by atoms with van der Waals surface area (Å²) in [7, 11) is 0. The van der Waals surface area contributed by atoms with Gasteiger partial charge in [0.15, 0.2) is 5.82 Å². The second-order valence-corrected chi connectivity index (χ2v) is 7.64. The molecule has 6 nitrogen and oxygen atoms in total. The first-order valence-electron chi connectivity index (χ1n) is 10.6. The van der Waals surface area contributed by atoms with Crippen molar-refractivity contribution in [3.63, 3.8) is 0 Å². The average Bonchev–Trinajstić information content (AvgIpc) is 3.08. The zero-order valence-corrected chi connectivity index (χ0v) is 17.3. The quantitative estimate of drug-likeness (QED) is 0.583. The van der Waals surface area contributed by atoms with Crippen molar-refractivity contribution in [2.75, 3.05) is 13.2 Å². The monoisotopic (exact) mass is 405 g/mol. The summed E-state index contributed by atoms with van der Waals surface area (Å²) in [6.45, 7) is 3.12. The van der Waals surface area contributed by atoms with Gasteiger partial charge in [-0.1, -0.05) is 48.3 Å². The first-order valence-corrected chi connectivity index (χ1v) is 10.6. The number of rotatable bonds is 6. The third-order valence-corrected chi connectivity index (χ3v) is 5.52. The predicted molar refractivity (Wildman–Crippen MR) is 114 cm³/mol. The van der Waals surface area contributed by atoms with Crippen LogP contribution in [-0.4, -0.2) is 40.1 Å². The molecule has 1 saturated heterocycles. The highest BCUT2D eigenvalue weighted by Gasteiger charge is 2.28. The highest BCUT2D eigenvalue weighted by Crippen LogP contribution is 2.27. The Morgan fingerprint density at radius 2 is 1.90 bits per heavy atom. The zero-order chi connectivity index (χ0) is 20.8. The van der Waals surface area contributed by atoms with Gasteiger partial charge in [-0.2, -0.15) is 4.98 Å². The molecule has 1 fully saturated rings. The third-order valence-electron chi connectivity index (χ3n) is 5.52. The van der Waals surface area contributed by atoms with Gasteiger partial charge in [-0.05, 0) is 44.0 Å². The first kappa shape index (κ1) is 20.1. The lowest BCUT2D eigenvalue weighted by molar-refractivity contribution is 0.0658. The Morgan fingerprint density at radius 3 is 2.70 bits per heavy atom. The highest BCUT2D eigenvalue weighted by molar-refractivity contribution is 6.00. The van der Waals surface area contributed by atoms with E-state index in [4.69, 9.17) is 9.26 Å². The van der Waals surface area contributed by atoms with Crippen LogP contribution < -0.4 is 4.74 Å². The van der Waals surface area contributed by atoms with Crippen LogP contribution >= 0.6 is 0 Å². The molecule has 4 rings (SSSR count). The molecule has 0 spiro atoms. The summed E-state index contributed by atoms with van der Waals surface area (Å²) in [6, 6.07) is 17.5. The van der Waals surface area contributed by atoms with Crippen molar-refractivity contribution >= 4 is 5.91 Å². The van der Waals surface area contributed by atoms with E-state index in [-0.39, 0.29) is 11.9 Å². The van der Waals surface area contributed by atoms with Crippen molar-refractivity contribution in [2.24, 2.45) is 0 Å². The number of nitrogens with zero attached hydrogens (tertiary/aromatic N) is 3. The van der Waals surface area contributed by atoms with Gasteiger partial charge < -0.3 is 14.2 Å². The number of carbonyl (C=O) groups excluding carboxylic acids is 1. The summed E-state index contributed by atoms with van der Waals surface area (Å²) in [5, 5.41) is 3.88. The Labute approximate surface area is 176 Å². The second kappa shape index (κ2) is 9.57. The van der Waals surface area contributed by atoms with Gasteiger partial charge >= 0.3 is 0 Å². The van der Waals surface area contributed by atoms with Gasteiger partial charge in [0, 0.05) is 19.0 Å². The molecule has 1 aromatic heterocycles. The van der Waals surface area contributed by atoms with Gasteiger partial charge in [0.1, 0.15) is 5.75 Å². The summed E-state index contributed by atoms with van der Waals surface area (Å²) in [5.41, 5.74) is 1.30. The molecule has 2 heterocycles. The SMILES string of the molecule is Cc1noc(-c2ccccc2C(=O)N2CCCCCC2CCOc2ccccc2)n1. The van der Waals surface area contributed by atoms with Crippen LogP contribution in [0, 0.1) is 6.92 Å². The summed E-state index contributed by atoms with van der Waals surface area (Å²) in [4.78, 5) is 19.9. The van der Waals surface area contributed by atoms with Gasteiger partial charge in [-0.25, -0.2) is 0 Å². The largest absolute Gasteiger partial charge is 0.494 e. The van der Waals surface area contributed by atoms with E-state index in [1.54, 1.807) is 6.92 Å². The van der Waals surface area contributed by atoms with E-state index in [9.17, 15) is 4.79 Å². The lowest BCUT2D eigenvalue weighted by Gasteiger charge is -2.30. The molecular formula is C24H27N3O3. The second-order valence-electron chi connectivity index (χ2n) is 7.64. The normalized spacial score (nSPS) is 16.8. The Bertz CT molecular complexity index is 971. The molecule has 156 valence electrons. The molecule has 1 unspecified atom stereocenters. The minimum Gasteiger partial charge on any atom is -0.494 e. The van der Waals surface area contributed by atoms with Gasteiger partial charge in [0.05, 0.1) is 17.7 Å². The lowest BCUT2D eigenvalue weighted by Crippen LogP contribution is -2.41. The van der Waals surface area contributed by atoms with E-state index in [0.29, 0.717) is 29.4 Å². The van der Waals surface area contributed by atoms with Crippen LogP contribution in [0.15, 0.2) is 59.1 Å². The Balaban J connectivity index is 1.52. The molecule has 0 N–H and O–H groups in total. The van der Waals surface area contributed by atoms with Crippen molar-refractivity contribution in [1.29, 1.82) is 0 Å². The van der Waals surface area contributed by atoms with E-state index in [1.807, 2.05) is 59.5 Å². The van der Waals surface area contributed by atoms with E-state index < -0.39 is 0 Å². The van der Waals surface area contributed by atoms with Gasteiger partial charge in [-0.15, -0.1) is 0 Å². The Hall–Kier alpha value is -3.15. The molecule has 3 aromatic rings. The van der Waals surface area contributed by atoms with E-state index in [2.05, 4.69) is 10.1 Å². The number of aromatic nitrogens is 2. The fourth-order valence-electron chi connectivity index (χ4n) is 3.99. The van der Waals surface area contributed by atoms with Gasteiger partial charge in [-0.3, -0.25) is 4.79 Å². The van der Waals surface area contributed by atoms with Crippen LogP contribution in [0.1, 0.15) is 48.3 Å². The molecular weight excluding hydrogens is 378 g/mol. The Kier molecular flexibility index (Phi) is 6.42. The van der Waals surface area contributed by atoms with Gasteiger partial charge in [0.2, 0.25) is 0 Å². The van der Waals surface area contributed by atoms with Crippen molar-refractivity contribution in [1.82, 2.24) is 15.0 Å². The molecule has 0 saturated carbocycles. The minimum absolute atomic E-state index is 0.0214. The first-order chi connectivity index (χ1) is 14.7. The van der Waals surface area contributed by atoms with Crippen LogP contribution in [0.2, 0.25) is 0 Å². The van der Waals surface area contributed by atoms with Crippen molar-refractivity contribution < 1.29 is 14.1 Å². The average molecular weight is 405 g/mol. The number of para-hydroxylation sites is 1. The number of amides is 1. The maximum atomic E-state index is 13.6. The predicted octanol–water partition coefficient (Wildman–Crippen LogP) is 4.90. The smallest absolute Gasteiger partial charge is 0.258 e. The molecule has 0 aliphatic carbocycles. The number of hydrogen-bond donors (Lipinski definition) is 0. The van der Waals surface area contributed by atoms with E-state index in [0.717, 1.165) is 44.4 Å². The maximum Gasteiger partial charge on any atom is 0.258 e. The topological polar surface area (TPSA) is 68.5 Å². The van der Waals surface area contributed by atoms with E-state index in [1.165, 1.54) is 0 Å². The van der Waals surface area contributed by atoms with Crippen molar-refractivity contribution in [3.05, 3.63) is 66.0 Å². The third kappa shape index (κ3) is 4.70. The molecule has 30 heavy (non-hydrogen) atoms. The zero-order valence-electron chi connectivity index (χ0n) is 17.3. The van der Waals surface area contributed by atoms with Crippen LogP contribution in [0.5, 0.6) is 5.75 Å². The molecule has 1 aliphatic heterocycles. The Morgan fingerprint density at radius 1 is 1.10 bits per heavy atom. The van der Waals surface area contributed by atoms with Crippen LogP contribution in [-0.2, 0) is 0 Å². The van der Waals surface area contributed by atoms with Crippen molar-refractivity contribution in [3.8, 4) is 17.2 Å². The number of hydrogen-bond acceptors (Lipinski definition) is 5. The standard InChI is InChI=1S/C24H27N3O3/c1-18-25-23(30-26-18)21-13-7-8-14-22(21)24(28)27-16-9-3-4-10-19(27)15-17-29-20-11-5-2-6-12-20/h2,5-8,11-14,19H,3-4,9-10,15-17H2,1H3. The molecule has 2 aromatic carbocycles. The fraction of sp³-hybridized carbons (Fsp3) is 0.375. The molecule has 1 amide bonds. The van der Waals surface area contributed by atoms with Gasteiger partial charge in [0.25, 0.3) is 11.8 Å². The summed E-state index contributed by atoms with van der Waals surface area (Å²) in [5.74, 6) is 1.82. The number of likely N-dealkylation sites (tertiary alicyclic amines) is 1. The van der Waals surface area contributed by atoms with Crippen LogP contribution in [0.3, 0.4) is 0 Å². The van der Waals surface area contributed by atoms with Crippen LogP contribution in [0.4, 0.5) is 0 Å². The number of benzene rings is 2. The summed E-state index contributed by atoms with van der Waals surface area (Å²) in [6.07, 6.45) is 5.09. The molecule has 1 atom stereocenters. The maximum absolute atomic E-state index is 13.6. The summed E-state index contributed by atoms with van der Waals surface area (Å²) < 4.78 is 11.2. The molecule has 0 bridgehead atoms. The lowest BCUT2D eigenvalue weighted by atomic mass is 10.0. The molecule has 6 heteroatoms. The number of ether oxygens (including phenoxy) is 1. The number of aryl methyl sites for hydroxylation is 1. The molecule has 0 radical (unpaired) electrons. The van der Waals surface area contributed by atoms with Crippen molar-refractivity contribution in [2.45, 2.75) is 45.1 Å². The minimum atomic E-state index is 0.0214.